The summed E-state index contributed by atoms with van der Waals surface area (Å²) in [4.78, 5) is 43.0. The SMILES string of the molecule is N[C@@H](Cc1ccccc1)C(=O)N[C@H]1CCN(c2nc3c(cc2F)c(=O)c(C(=O)O)cn3C2CC2)C1. The average Bonchev–Trinajstić information content (AvgIpc) is 3.58. The van der Waals surface area contributed by atoms with Crippen molar-refractivity contribution < 1.29 is 19.1 Å². The van der Waals surface area contributed by atoms with E-state index in [1.807, 2.05) is 30.3 Å². The van der Waals surface area contributed by atoms with Crippen LogP contribution in [0.25, 0.3) is 11.0 Å². The molecule has 3 aromatic rings. The van der Waals surface area contributed by atoms with Gasteiger partial charge < -0.3 is 25.6 Å². The Hall–Kier alpha value is -3.79. The van der Waals surface area contributed by atoms with Crippen LogP contribution in [0.1, 0.15) is 41.2 Å². The van der Waals surface area contributed by atoms with Gasteiger partial charge in [0.05, 0.1) is 11.4 Å². The number of hydrogen-bond acceptors (Lipinski definition) is 6. The van der Waals surface area contributed by atoms with Crippen LogP contribution in [0, 0.1) is 5.82 Å². The van der Waals surface area contributed by atoms with Gasteiger partial charge in [0.1, 0.15) is 11.2 Å². The molecule has 1 aliphatic heterocycles. The quantitative estimate of drug-likeness (QED) is 0.471. The molecule has 182 valence electrons. The summed E-state index contributed by atoms with van der Waals surface area (Å²) in [5.74, 6) is -2.23. The van der Waals surface area contributed by atoms with Crippen LogP contribution in [-0.2, 0) is 11.2 Å². The molecule has 4 N–H and O–H groups in total. The predicted molar refractivity (Wildman–Crippen MR) is 128 cm³/mol. The Bertz CT molecular complexity index is 1360. The Balaban J connectivity index is 1.35. The molecule has 2 aromatic heterocycles. The van der Waals surface area contributed by atoms with Crippen LogP contribution in [0.4, 0.5) is 10.2 Å². The van der Waals surface area contributed by atoms with Crippen molar-refractivity contribution in [2.24, 2.45) is 5.73 Å². The fourth-order valence-electron chi connectivity index (χ4n) is 4.58. The molecule has 2 atom stereocenters. The normalized spacial score (nSPS) is 18.6. The van der Waals surface area contributed by atoms with Gasteiger partial charge in [-0.1, -0.05) is 30.3 Å². The molecule has 5 rings (SSSR count). The number of carboxylic acids is 1. The monoisotopic (exact) mass is 479 g/mol. The molecule has 1 aliphatic carbocycles. The Morgan fingerprint density at radius 1 is 1.23 bits per heavy atom. The molecule has 2 aliphatic rings. The van der Waals surface area contributed by atoms with Gasteiger partial charge in [-0.05, 0) is 37.3 Å². The second-order valence-electron chi connectivity index (χ2n) is 9.22. The van der Waals surface area contributed by atoms with Crippen molar-refractivity contribution in [3.63, 3.8) is 0 Å². The van der Waals surface area contributed by atoms with E-state index in [9.17, 15) is 19.5 Å². The van der Waals surface area contributed by atoms with E-state index in [1.54, 1.807) is 9.47 Å². The summed E-state index contributed by atoms with van der Waals surface area (Å²) in [6.07, 6.45) is 4.00. The Kier molecular flexibility index (Phi) is 5.98. The van der Waals surface area contributed by atoms with E-state index in [-0.39, 0.29) is 34.8 Å². The van der Waals surface area contributed by atoms with Crippen molar-refractivity contribution in [1.29, 1.82) is 0 Å². The maximum atomic E-state index is 15.1. The first-order chi connectivity index (χ1) is 16.8. The second kappa shape index (κ2) is 9.10. The highest BCUT2D eigenvalue weighted by molar-refractivity contribution is 5.92. The maximum Gasteiger partial charge on any atom is 0.341 e. The van der Waals surface area contributed by atoms with Crippen molar-refractivity contribution in [2.75, 3.05) is 18.0 Å². The summed E-state index contributed by atoms with van der Waals surface area (Å²) in [5, 5.41) is 12.3. The van der Waals surface area contributed by atoms with Gasteiger partial charge >= 0.3 is 5.97 Å². The molecule has 1 saturated carbocycles. The van der Waals surface area contributed by atoms with Gasteiger partial charge in [0.15, 0.2) is 11.6 Å². The van der Waals surface area contributed by atoms with Crippen molar-refractivity contribution in [1.82, 2.24) is 14.9 Å². The number of aromatic carboxylic acids is 1. The fourth-order valence-corrected chi connectivity index (χ4v) is 4.58. The lowest BCUT2D eigenvalue weighted by atomic mass is 10.1. The molecular formula is C25H26FN5O4. The van der Waals surface area contributed by atoms with E-state index in [1.165, 1.54) is 6.20 Å². The molecule has 1 amide bonds. The summed E-state index contributed by atoms with van der Waals surface area (Å²) in [7, 11) is 0. The van der Waals surface area contributed by atoms with Crippen molar-refractivity contribution in [3.05, 3.63) is 69.8 Å². The van der Waals surface area contributed by atoms with Gasteiger partial charge in [0, 0.05) is 31.4 Å². The summed E-state index contributed by atoms with van der Waals surface area (Å²) < 4.78 is 16.8. The number of anilines is 1. The first-order valence-corrected chi connectivity index (χ1v) is 11.7. The van der Waals surface area contributed by atoms with Gasteiger partial charge in [-0.15, -0.1) is 0 Å². The van der Waals surface area contributed by atoms with Crippen LogP contribution in [0.15, 0.2) is 47.4 Å². The average molecular weight is 480 g/mol. The van der Waals surface area contributed by atoms with Crippen LogP contribution in [0.2, 0.25) is 0 Å². The molecule has 35 heavy (non-hydrogen) atoms. The van der Waals surface area contributed by atoms with E-state index in [0.29, 0.717) is 25.9 Å². The third-order valence-electron chi connectivity index (χ3n) is 6.58. The lowest BCUT2D eigenvalue weighted by Gasteiger charge is -2.21. The molecule has 0 radical (unpaired) electrons. The van der Waals surface area contributed by atoms with Crippen LogP contribution in [-0.4, -0.2) is 51.7 Å². The third kappa shape index (κ3) is 4.61. The topological polar surface area (TPSA) is 131 Å². The summed E-state index contributed by atoms with van der Waals surface area (Å²) >= 11 is 0. The van der Waals surface area contributed by atoms with E-state index >= 15 is 4.39 Å². The standard InChI is InChI=1S/C25H26FN5O4/c26-19-11-17-21(32)18(25(34)35)13-31(16-6-7-16)22(17)29-23(19)30-9-8-15(12-30)28-24(33)20(27)10-14-4-2-1-3-5-14/h1-5,11,13,15-16,20H,6-10,12,27H2,(H,28,33)(H,34,35)/t15-,20-/m0/s1. The lowest BCUT2D eigenvalue weighted by Crippen LogP contribution is -2.47. The highest BCUT2D eigenvalue weighted by Gasteiger charge is 2.31. The zero-order valence-electron chi connectivity index (χ0n) is 19.0. The molecule has 2 fully saturated rings. The minimum absolute atomic E-state index is 0.0405. The van der Waals surface area contributed by atoms with Gasteiger partial charge in [-0.3, -0.25) is 9.59 Å². The number of halogens is 1. The number of carboxylic acid groups (broad SMARTS) is 1. The Labute approximate surface area is 200 Å². The Morgan fingerprint density at radius 2 is 1.97 bits per heavy atom. The minimum atomic E-state index is -1.35. The molecule has 0 unspecified atom stereocenters. The first-order valence-electron chi connectivity index (χ1n) is 11.7. The van der Waals surface area contributed by atoms with Gasteiger partial charge in [-0.2, -0.15) is 0 Å². The number of fused-ring (bicyclic) bond motifs is 1. The number of aromatic nitrogens is 2. The first kappa shape index (κ1) is 23.0. The number of nitrogens with one attached hydrogen (secondary N) is 1. The van der Waals surface area contributed by atoms with Gasteiger partial charge in [0.2, 0.25) is 11.3 Å². The molecule has 10 heteroatoms. The zero-order chi connectivity index (χ0) is 24.7. The van der Waals surface area contributed by atoms with Crippen LogP contribution in [0.3, 0.4) is 0 Å². The number of hydrogen-bond donors (Lipinski definition) is 3. The van der Waals surface area contributed by atoms with Crippen molar-refractivity contribution in [3.8, 4) is 0 Å². The highest BCUT2D eigenvalue weighted by atomic mass is 19.1. The molecule has 9 nitrogen and oxygen atoms in total. The number of benzene rings is 1. The van der Waals surface area contributed by atoms with E-state index in [2.05, 4.69) is 10.3 Å². The summed E-state index contributed by atoms with van der Waals surface area (Å²) in [6.45, 7) is 0.815. The van der Waals surface area contributed by atoms with Crippen LogP contribution >= 0.6 is 0 Å². The summed E-state index contributed by atoms with van der Waals surface area (Å²) in [6, 6.07) is 9.72. The van der Waals surface area contributed by atoms with Crippen LogP contribution in [0.5, 0.6) is 0 Å². The number of pyridine rings is 2. The lowest BCUT2D eigenvalue weighted by molar-refractivity contribution is -0.122. The third-order valence-corrected chi connectivity index (χ3v) is 6.58. The van der Waals surface area contributed by atoms with E-state index < -0.39 is 28.8 Å². The van der Waals surface area contributed by atoms with Crippen molar-refractivity contribution in [2.45, 2.75) is 43.8 Å². The van der Waals surface area contributed by atoms with Crippen molar-refractivity contribution >= 4 is 28.7 Å². The smallest absolute Gasteiger partial charge is 0.341 e. The number of nitrogens with two attached hydrogens (primary N) is 1. The van der Waals surface area contributed by atoms with Crippen LogP contribution < -0.4 is 21.4 Å². The van der Waals surface area contributed by atoms with Gasteiger partial charge in [0.25, 0.3) is 0 Å². The largest absolute Gasteiger partial charge is 0.477 e. The Morgan fingerprint density at radius 3 is 2.66 bits per heavy atom. The van der Waals surface area contributed by atoms with Gasteiger partial charge in [-0.25, -0.2) is 14.2 Å². The number of carbonyl (C=O) groups is 2. The second-order valence-corrected chi connectivity index (χ2v) is 9.22. The number of carbonyl (C=O) groups excluding carboxylic acids is 1. The minimum Gasteiger partial charge on any atom is -0.477 e. The predicted octanol–water partition coefficient (Wildman–Crippen LogP) is 1.83. The molecule has 1 aromatic carbocycles. The number of nitrogens with zero attached hydrogens (tertiary/aromatic N) is 3. The highest BCUT2D eigenvalue weighted by Crippen LogP contribution is 2.37. The molecule has 0 spiro atoms. The maximum absolute atomic E-state index is 15.1. The molecule has 3 heterocycles. The van der Waals surface area contributed by atoms with E-state index in [0.717, 1.165) is 24.5 Å². The molecule has 0 bridgehead atoms. The molecule has 1 saturated heterocycles. The number of rotatable bonds is 7. The molecular weight excluding hydrogens is 453 g/mol. The summed E-state index contributed by atoms with van der Waals surface area (Å²) in [5.41, 5.74) is 6.19. The fraction of sp³-hybridized carbons (Fsp3) is 0.360. The van der Waals surface area contributed by atoms with E-state index in [4.69, 9.17) is 5.73 Å². The zero-order valence-corrected chi connectivity index (χ0v) is 19.0. The number of amides is 1.